The van der Waals surface area contributed by atoms with Gasteiger partial charge in [0.15, 0.2) is 0 Å². The lowest BCUT2D eigenvalue weighted by Crippen LogP contribution is -2.32. The second kappa shape index (κ2) is 4.43. The monoisotopic (exact) mass is 240 g/mol. The molecule has 1 aliphatic rings. The number of allylic oxidation sites excluding steroid dienone is 2. The van der Waals surface area contributed by atoms with Crippen LogP contribution in [0.25, 0.3) is 0 Å². The van der Waals surface area contributed by atoms with Crippen LogP contribution in [-0.4, -0.2) is 22.8 Å². The van der Waals surface area contributed by atoms with Crippen LogP contribution < -0.4 is 0 Å². The van der Waals surface area contributed by atoms with Crippen LogP contribution in [-0.2, 0) is 14.3 Å². The second-order valence-corrected chi connectivity index (χ2v) is 5.27. The van der Waals surface area contributed by atoms with Gasteiger partial charge in [-0.15, -0.1) is 0 Å². The summed E-state index contributed by atoms with van der Waals surface area (Å²) in [6.07, 6.45) is -0.948. The third kappa shape index (κ3) is 3.02. The average Bonchev–Trinajstić information content (AvgIpc) is 2.16. The molecule has 0 aromatic heterocycles. The maximum absolute atomic E-state index is 11.1. The van der Waals surface area contributed by atoms with Gasteiger partial charge >= 0.3 is 5.97 Å². The minimum absolute atomic E-state index is 0.313. The Morgan fingerprint density at radius 3 is 2.18 bits per heavy atom. The SMILES string of the molecule is CC1=C(OC(C)(C)C)OC(C(=O)O)C(C)=C1C. The zero-order valence-electron chi connectivity index (χ0n) is 11.2. The van der Waals surface area contributed by atoms with Crippen molar-refractivity contribution >= 4 is 5.97 Å². The third-order valence-electron chi connectivity index (χ3n) is 2.70. The van der Waals surface area contributed by atoms with Crippen molar-refractivity contribution in [3.8, 4) is 0 Å². The van der Waals surface area contributed by atoms with Crippen molar-refractivity contribution < 1.29 is 19.4 Å². The number of carbonyl (C=O) groups is 1. The van der Waals surface area contributed by atoms with E-state index in [2.05, 4.69) is 0 Å². The molecule has 0 bridgehead atoms. The Morgan fingerprint density at radius 2 is 1.76 bits per heavy atom. The molecular weight excluding hydrogens is 220 g/mol. The first-order valence-corrected chi connectivity index (χ1v) is 5.60. The molecule has 0 saturated carbocycles. The Bertz CT molecular complexity index is 396. The Morgan fingerprint density at radius 1 is 1.24 bits per heavy atom. The molecule has 1 N–H and O–H groups in total. The van der Waals surface area contributed by atoms with Gasteiger partial charge in [0.05, 0.1) is 0 Å². The van der Waals surface area contributed by atoms with E-state index in [1.54, 1.807) is 6.92 Å². The molecule has 1 atom stereocenters. The van der Waals surface area contributed by atoms with Crippen LogP contribution in [0, 0.1) is 0 Å². The number of rotatable bonds is 2. The minimum Gasteiger partial charge on any atom is -0.478 e. The zero-order chi connectivity index (χ0) is 13.4. The number of carboxylic acid groups (broad SMARTS) is 1. The van der Waals surface area contributed by atoms with E-state index in [1.807, 2.05) is 34.6 Å². The normalized spacial score (nSPS) is 21.4. The molecular formula is C13H20O4. The molecule has 1 rings (SSSR count). The smallest absolute Gasteiger partial charge is 0.349 e. The Hall–Kier alpha value is -1.45. The fourth-order valence-corrected chi connectivity index (χ4v) is 1.54. The van der Waals surface area contributed by atoms with Crippen molar-refractivity contribution in [2.75, 3.05) is 0 Å². The lowest BCUT2D eigenvalue weighted by atomic mass is 9.98. The van der Waals surface area contributed by atoms with Crippen molar-refractivity contribution in [1.29, 1.82) is 0 Å². The highest BCUT2D eigenvalue weighted by molar-refractivity contribution is 5.77. The number of hydrogen-bond donors (Lipinski definition) is 1. The lowest BCUT2D eigenvalue weighted by Gasteiger charge is -2.31. The molecule has 0 aromatic rings. The second-order valence-electron chi connectivity index (χ2n) is 5.27. The minimum atomic E-state index is -0.996. The van der Waals surface area contributed by atoms with Gasteiger partial charge in [0.2, 0.25) is 6.10 Å². The molecule has 0 spiro atoms. The van der Waals surface area contributed by atoms with Crippen molar-refractivity contribution in [2.24, 2.45) is 0 Å². The number of carboxylic acids is 1. The predicted octanol–water partition coefficient (Wildman–Crippen LogP) is 2.85. The molecule has 4 nitrogen and oxygen atoms in total. The molecule has 1 unspecified atom stereocenters. The van der Waals surface area contributed by atoms with E-state index in [-0.39, 0.29) is 0 Å². The molecule has 0 aliphatic carbocycles. The van der Waals surface area contributed by atoms with Gasteiger partial charge in [-0.1, -0.05) is 0 Å². The average molecular weight is 240 g/mol. The Balaban J connectivity index is 3.10. The van der Waals surface area contributed by atoms with Crippen LogP contribution in [0.5, 0.6) is 0 Å². The highest BCUT2D eigenvalue weighted by Crippen LogP contribution is 2.31. The number of hydrogen-bond acceptors (Lipinski definition) is 3. The molecule has 1 aliphatic heterocycles. The predicted molar refractivity (Wildman–Crippen MR) is 64.4 cm³/mol. The van der Waals surface area contributed by atoms with Gasteiger partial charge < -0.3 is 14.6 Å². The molecule has 96 valence electrons. The van der Waals surface area contributed by atoms with Gasteiger partial charge in [-0.25, -0.2) is 4.79 Å². The lowest BCUT2D eigenvalue weighted by molar-refractivity contribution is -0.152. The number of aliphatic carboxylic acids is 1. The van der Waals surface area contributed by atoms with E-state index in [4.69, 9.17) is 14.6 Å². The van der Waals surface area contributed by atoms with E-state index in [9.17, 15) is 4.79 Å². The highest BCUT2D eigenvalue weighted by Gasteiger charge is 2.32. The van der Waals surface area contributed by atoms with Crippen LogP contribution in [0.1, 0.15) is 41.5 Å². The van der Waals surface area contributed by atoms with E-state index < -0.39 is 17.7 Å². The fourth-order valence-electron chi connectivity index (χ4n) is 1.54. The van der Waals surface area contributed by atoms with Gasteiger partial charge in [0, 0.05) is 5.57 Å². The van der Waals surface area contributed by atoms with Gasteiger partial charge in [-0.3, -0.25) is 0 Å². The fraction of sp³-hybridized carbons (Fsp3) is 0.615. The molecule has 0 fully saturated rings. The topological polar surface area (TPSA) is 55.8 Å². The summed E-state index contributed by atoms with van der Waals surface area (Å²) in [6.45, 7) is 11.2. The van der Waals surface area contributed by atoms with E-state index in [1.165, 1.54) is 0 Å². The van der Waals surface area contributed by atoms with Crippen LogP contribution in [0.2, 0.25) is 0 Å². The first kappa shape index (κ1) is 13.6. The highest BCUT2D eigenvalue weighted by atomic mass is 16.7. The standard InChI is InChI=1S/C13H20O4/c1-7-8(2)10(11(14)15)16-12(9(7)3)17-13(4,5)6/h10H,1-6H3,(H,14,15). The van der Waals surface area contributed by atoms with Crippen molar-refractivity contribution in [2.45, 2.75) is 53.2 Å². The van der Waals surface area contributed by atoms with E-state index in [0.29, 0.717) is 5.95 Å². The summed E-state index contributed by atoms with van der Waals surface area (Å²) in [6, 6.07) is 0. The molecule has 4 heteroatoms. The molecule has 1 heterocycles. The van der Waals surface area contributed by atoms with E-state index in [0.717, 1.165) is 16.7 Å². The maximum Gasteiger partial charge on any atom is 0.349 e. The molecule has 0 radical (unpaired) electrons. The number of ether oxygens (including phenoxy) is 2. The van der Waals surface area contributed by atoms with Gasteiger partial charge in [-0.05, 0) is 52.7 Å². The van der Waals surface area contributed by atoms with Crippen molar-refractivity contribution in [3.05, 3.63) is 22.7 Å². The quantitative estimate of drug-likeness (QED) is 0.806. The molecule has 17 heavy (non-hydrogen) atoms. The van der Waals surface area contributed by atoms with Crippen molar-refractivity contribution in [3.63, 3.8) is 0 Å². The Kier molecular flexibility index (Phi) is 3.55. The first-order valence-electron chi connectivity index (χ1n) is 5.60. The molecule has 0 amide bonds. The summed E-state index contributed by atoms with van der Waals surface area (Å²) in [5, 5.41) is 9.09. The van der Waals surface area contributed by atoms with Crippen LogP contribution in [0.4, 0.5) is 0 Å². The summed E-state index contributed by atoms with van der Waals surface area (Å²) in [4.78, 5) is 11.1. The Labute approximate surface area is 102 Å². The third-order valence-corrected chi connectivity index (χ3v) is 2.70. The summed E-state index contributed by atoms with van der Waals surface area (Å²) in [5.74, 6) is -0.683. The molecule has 0 saturated heterocycles. The summed E-state index contributed by atoms with van der Waals surface area (Å²) in [7, 11) is 0. The summed E-state index contributed by atoms with van der Waals surface area (Å²) in [5.41, 5.74) is 2.08. The zero-order valence-corrected chi connectivity index (χ0v) is 11.2. The van der Waals surface area contributed by atoms with Gasteiger partial charge in [-0.2, -0.15) is 0 Å². The van der Waals surface area contributed by atoms with Gasteiger partial charge in [0.1, 0.15) is 5.60 Å². The van der Waals surface area contributed by atoms with Gasteiger partial charge in [0.25, 0.3) is 5.95 Å². The van der Waals surface area contributed by atoms with Crippen molar-refractivity contribution in [1.82, 2.24) is 0 Å². The van der Waals surface area contributed by atoms with Crippen LogP contribution in [0.15, 0.2) is 22.7 Å². The largest absolute Gasteiger partial charge is 0.478 e. The summed E-state index contributed by atoms with van der Waals surface area (Å²) < 4.78 is 11.1. The first-order chi connectivity index (χ1) is 7.63. The van der Waals surface area contributed by atoms with Crippen LogP contribution >= 0.6 is 0 Å². The molecule has 0 aromatic carbocycles. The maximum atomic E-state index is 11.1. The van der Waals surface area contributed by atoms with Crippen LogP contribution in [0.3, 0.4) is 0 Å². The summed E-state index contributed by atoms with van der Waals surface area (Å²) >= 11 is 0. The van der Waals surface area contributed by atoms with E-state index >= 15 is 0 Å².